The number of nitrogen functional groups attached to an aromatic ring is 2. The predicted molar refractivity (Wildman–Crippen MR) is 59.4 cm³/mol. The molecule has 5 nitrogen and oxygen atoms in total. The number of fused-ring (bicyclic) bond motifs is 1. The molecule has 15 heavy (non-hydrogen) atoms. The third kappa shape index (κ3) is 1.43. The van der Waals surface area contributed by atoms with Crippen LogP contribution < -0.4 is 11.5 Å². The minimum Gasteiger partial charge on any atom is -0.398 e. The summed E-state index contributed by atoms with van der Waals surface area (Å²) < 4.78 is 0. The third-order valence-corrected chi connectivity index (χ3v) is 2.24. The Hall–Kier alpha value is -2.30. The summed E-state index contributed by atoms with van der Waals surface area (Å²) in [6.07, 6.45) is 0. The van der Waals surface area contributed by atoms with Gasteiger partial charge in [-0.3, -0.25) is 10.1 Å². The van der Waals surface area contributed by atoms with Crippen molar-refractivity contribution in [1.29, 1.82) is 0 Å². The maximum atomic E-state index is 10.6. The van der Waals surface area contributed by atoms with Crippen molar-refractivity contribution in [3.63, 3.8) is 0 Å². The number of nitro benzene ring substituents is 1. The van der Waals surface area contributed by atoms with Gasteiger partial charge < -0.3 is 11.5 Å². The van der Waals surface area contributed by atoms with Gasteiger partial charge in [0.25, 0.3) is 5.69 Å². The molecule has 4 N–H and O–H groups in total. The van der Waals surface area contributed by atoms with Crippen LogP contribution in [-0.4, -0.2) is 4.92 Å². The van der Waals surface area contributed by atoms with Gasteiger partial charge in [0, 0.05) is 28.9 Å². The van der Waals surface area contributed by atoms with Gasteiger partial charge in [0.1, 0.15) is 0 Å². The molecule has 0 bridgehead atoms. The number of rotatable bonds is 1. The first-order chi connectivity index (χ1) is 7.09. The second-order valence-electron chi connectivity index (χ2n) is 3.24. The molecule has 0 aliphatic rings. The van der Waals surface area contributed by atoms with Crippen LogP contribution >= 0.6 is 0 Å². The number of benzene rings is 2. The minimum atomic E-state index is -0.473. The maximum absolute atomic E-state index is 10.6. The summed E-state index contributed by atoms with van der Waals surface area (Å²) >= 11 is 0. The summed E-state index contributed by atoms with van der Waals surface area (Å²) in [5, 5.41) is 12.0. The smallest absolute Gasteiger partial charge is 0.272 e. The molecule has 0 fully saturated rings. The Morgan fingerprint density at radius 2 is 1.87 bits per heavy atom. The van der Waals surface area contributed by atoms with E-state index in [1.807, 2.05) is 0 Å². The van der Waals surface area contributed by atoms with Crippen molar-refractivity contribution in [2.24, 2.45) is 0 Å². The zero-order valence-corrected chi connectivity index (χ0v) is 7.81. The highest BCUT2D eigenvalue weighted by Crippen LogP contribution is 2.30. The Labute approximate surface area is 85.4 Å². The van der Waals surface area contributed by atoms with Crippen LogP contribution in [0.3, 0.4) is 0 Å². The van der Waals surface area contributed by atoms with Crippen LogP contribution in [-0.2, 0) is 0 Å². The van der Waals surface area contributed by atoms with Gasteiger partial charge in [-0.15, -0.1) is 0 Å². The predicted octanol–water partition coefficient (Wildman–Crippen LogP) is 1.91. The fraction of sp³-hybridized carbons (Fsp3) is 0. The van der Waals surface area contributed by atoms with Crippen LogP contribution in [0.15, 0.2) is 30.3 Å². The molecular weight excluding hydrogens is 194 g/mol. The van der Waals surface area contributed by atoms with Gasteiger partial charge in [0.15, 0.2) is 0 Å². The summed E-state index contributed by atoms with van der Waals surface area (Å²) in [7, 11) is 0. The zero-order chi connectivity index (χ0) is 11.0. The molecular formula is C10H9N3O2. The molecule has 0 atom stereocenters. The molecule has 0 heterocycles. The molecule has 76 valence electrons. The van der Waals surface area contributed by atoms with Gasteiger partial charge in [-0.2, -0.15) is 0 Å². The van der Waals surface area contributed by atoms with Crippen molar-refractivity contribution >= 4 is 27.8 Å². The van der Waals surface area contributed by atoms with E-state index in [0.717, 1.165) is 0 Å². The van der Waals surface area contributed by atoms with Crippen LogP contribution in [0.2, 0.25) is 0 Å². The van der Waals surface area contributed by atoms with E-state index in [9.17, 15) is 10.1 Å². The highest BCUT2D eigenvalue weighted by molar-refractivity contribution is 6.02. The Bertz CT molecular complexity index is 552. The van der Waals surface area contributed by atoms with Crippen molar-refractivity contribution < 1.29 is 4.92 Å². The van der Waals surface area contributed by atoms with Gasteiger partial charge in [-0.25, -0.2) is 0 Å². The summed E-state index contributed by atoms with van der Waals surface area (Å²) in [5.74, 6) is 0. The van der Waals surface area contributed by atoms with E-state index in [2.05, 4.69) is 0 Å². The Balaban J connectivity index is 2.84. The topological polar surface area (TPSA) is 95.2 Å². The van der Waals surface area contributed by atoms with Crippen molar-refractivity contribution in [2.75, 3.05) is 11.5 Å². The lowest BCUT2D eigenvalue weighted by Gasteiger charge is -2.04. The third-order valence-electron chi connectivity index (χ3n) is 2.24. The quantitative estimate of drug-likeness (QED) is 0.420. The van der Waals surface area contributed by atoms with Crippen LogP contribution in [0, 0.1) is 10.1 Å². The fourth-order valence-corrected chi connectivity index (χ4v) is 1.58. The van der Waals surface area contributed by atoms with E-state index in [1.54, 1.807) is 18.2 Å². The number of nitrogens with two attached hydrogens (primary N) is 2. The summed E-state index contributed by atoms with van der Waals surface area (Å²) in [4.78, 5) is 10.1. The molecule has 2 aromatic carbocycles. The van der Waals surface area contributed by atoms with Gasteiger partial charge >= 0.3 is 0 Å². The Morgan fingerprint density at radius 1 is 1.13 bits per heavy atom. The Morgan fingerprint density at radius 3 is 2.53 bits per heavy atom. The maximum Gasteiger partial charge on any atom is 0.272 e. The summed E-state index contributed by atoms with van der Waals surface area (Å²) in [6.45, 7) is 0. The normalized spacial score (nSPS) is 10.4. The van der Waals surface area contributed by atoms with Crippen molar-refractivity contribution in [3.05, 3.63) is 40.4 Å². The number of anilines is 2. The second-order valence-corrected chi connectivity index (χ2v) is 3.24. The SMILES string of the molecule is Nc1cccc2cc([N+](=O)[O-])cc(N)c12. The standard InChI is InChI=1S/C10H9N3O2/c11-8-3-1-2-6-4-7(13(14)15)5-9(12)10(6)8/h1-5H,11-12H2. The molecule has 0 amide bonds. The average molecular weight is 203 g/mol. The lowest BCUT2D eigenvalue weighted by molar-refractivity contribution is -0.384. The first kappa shape index (κ1) is 9.26. The van der Waals surface area contributed by atoms with Crippen molar-refractivity contribution in [2.45, 2.75) is 0 Å². The molecule has 0 saturated carbocycles. The number of nitrogens with zero attached hydrogens (tertiary/aromatic N) is 1. The minimum absolute atomic E-state index is 0.0226. The first-order valence-corrected chi connectivity index (χ1v) is 4.31. The van der Waals surface area contributed by atoms with Gasteiger partial charge in [-0.05, 0) is 11.5 Å². The molecule has 5 heteroatoms. The molecule has 0 aromatic heterocycles. The molecule has 0 saturated heterocycles. The van der Waals surface area contributed by atoms with E-state index in [-0.39, 0.29) is 5.69 Å². The Kier molecular flexibility index (Phi) is 1.93. The van der Waals surface area contributed by atoms with Gasteiger partial charge in [-0.1, -0.05) is 12.1 Å². The lowest BCUT2D eigenvalue weighted by atomic mass is 10.1. The van der Waals surface area contributed by atoms with Crippen LogP contribution in [0.1, 0.15) is 0 Å². The highest BCUT2D eigenvalue weighted by atomic mass is 16.6. The number of hydrogen-bond donors (Lipinski definition) is 2. The molecule has 0 unspecified atom stereocenters. The zero-order valence-electron chi connectivity index (χ0n) is 7.81. The fourth-order valence-electron chi connectivity index (χ4n) is 1.58. The van der Waals surface area contributed by atoms with E-state index in [1.165, 1.54) is 12.1 Å². The number of nitro groups is 1. The largest absolute Gasteiger partial charge is 0.398 e. The summed E-state index contributed by atoms with van der Waals surface area (Å²) in [5.41, 5.74) is 12.3. The van der Waals surface area contributed by atoms with Crippen molar-refractivity contribution in [3.8, 4) is 0 Å². The first-order valence-electron chi connectivity index (χ1n) is 4.31. The monoisotopic (exact) mass is 203 g/mol. The van der Waals surface area contributed by atoms with Crippen LogP contribution in [0.25, 0.3) is 10.8 Å². The lowest BCUT2D eigenvalue weighted by Crippen LogP contribution is -1.95. The summed E-state index contributed by atoms with van der Waals surface area (Å²) in [6, 6.07) is 7.97. The van der Waals surface area contributed by atoms with E-state index < -0.39 is 4.92 Å². The highest BCUT2D eigenvalue weighted by Gasteiger charge is 2.10. The van der Waals surface area contributed by atoms with Gasteiger partial charge in [0.2, 0.25) is 0 Å². The molecule has 0 aliphatic carbocycles. The average Bonchev–Trinajstić information content (AvgIpc) is 2.17. The number of hydrogen-bond acceptors (Lipinski definition) is 4. The molecule has 0 radical (unpaired) electrons. The second kappa shape index (κ2) is 3.13. The number of non-ortho nitro benzene ring substituents is 1. The van der Waals surface area contributed by atoms with Crippen LogP contribution in [0.4, 0.5) is 17.1 Å². The molecule has 0 aliphatic heterocycles. The molecule has 0 spiro atoms. The molecule has 2 aromatic rings. The van der Waals surface area contributed by atoms with Gasteiger partial charge in [0.05, 0.1) is 4.92 Å². The van der Waals surface area contributed by atoms with Crippen LogP contribution in [0.5, 0.6) is 0 Å². The van der Waals surface area contributed by atoms with E-state index >= 15 is 0 Å². The molecule has 2 rings (SSSR count). The van der Waals surface area contributed by atoms with E-state index in [4.69, 9.17) is 11.5 Å². The van der Waals surface area contributed by atoms with Crippen molar-refractivity contribution in [1.82, 2.24) is 0 Å². The van der Waals surface area contributed by atoms with E-state index in [0.29, 0.717) is 22.1 Å².